The molecule has 0 saturated heterocycles. The lowest BCUT2D eigenvalue weighted by atomic mass is 10.1. The van der Waals surface area contributed by atoms with E-state index in [2.05, 4.69) is 11.9 Å². The fourth-order valence-electron chi connectivity index (χ4n) is 4.39. The maximum Gasteiger partial charge on any atom is 0.257 e. The van der Waals surface area contributed by atoms with Crippen molar-refractivity contribution >= 4 is 26.8 Å². The molecule has 1 aromatic heterocycles. The molecule has 0 unspecified atom stereocenters. The van der Waals surface area contributed by atoms with Crippen LogP contribution in [-0.4, -0.2) is 49.5 Å². The minimum atomic E-state index is -3.79. The number of allylic oxidation sites excluding steroid dienone is 1. The van der Waals surface area contributed by atoms with Gasteiger partial charge in [-0.05, 0) is 42.8 Å². The second kappa shape index (κ2) is 10.8. The minimum Gasteiger partial charge on any atom is -0.486 e. The molecule has 1 aliphatic rings. The summed E-state index contributed by atoms with van der Waals surface area (Å²) < 4.78 is 40.4. The van der Waals surface area contributed by atoms with E-state index in [0.29, 0.717) is 49.9 Å². The van der Waals surface area contributed by atoms with Gasteiger partial charge >= 0.3 is 0 Å². The van der Waals surface area contributed by atoms with Gasteiger partial charge in [0.15, 0.2) is 11.5 Å². The van der Waals surface area contributed by atoms with E-state index in [-0.39, 0.29) is 15.8 Å². The number of benzene rings is 2. The molecule has 0 fully saturated rings. The number of ether oxygens (including phenoxy) is 2. The Hall–Kier alpha value is -3.63. The lowest BCUT2D eigenvalue weighted by Gasteiger charge is -2.21. The smallest absolute Gasteiger partial charge is 0.257 e. The molecule has 1 amide bonds. The maximum atomic E-state index is 13.5. The lowest BCUT2D eigenvalue weighted by molar-refractivity contribution is 0.0938. The molecule has 1 aliphatic heterocycles. The number of nitrogens with one attached hydrogen (secondary N) is 1. The molecule has 37 heavy (non-hydrogen) atoms. The van der Waals surface area contributed by atoms with Crippen molar-refractivity contribution < 1.29 is 22.7 Å². The summed E-state index contributed by atoms with van der Waals surface area (Å²) in [6.07, 6.45) is 3.13. The average molecular weight is 526 g/mol. The van der Waals surface area contributed by atoms with Crippen LogP contribution in [0, 0.1) is 0 Å². The van der Waals surface area contributed by atoms with Crippen LogP contribution in [0.25, 0.3) is 10.9 Å². The number of pyridine rings is 1. The van der Waals surface area contributed by atoms with Crippen molar-refractivity contribution in [1.29, 1.82) is 0 Å². The number of carbonyl (C=O) groups excluding carboxylic acids is 1. The van der Waals surface area contributed by atoms with Gasteiger partial charge in [-0.1, -0.05) is 26.0 Å². The van der Waals surface area contributed by atoms with Crippen LogP contribution in [0.5, 0.6) is 11.5 Å². The number of nitrogens with zero attached hydrogens (tertiary/aromatic N) is 2. The maximum absolute atomic E-state index is 13.5. The molecule has 2 aromatic carbocycles. The minimum absolute atomic E-state index is 0.00755. The second-order valence-corrected chi connectivity index (χ2v) is 10.6. The van der Waals surface area contributed by atoms with Crippen LogP contribution in [0.15, 0.2) is 64.9 Å². The van der Waals surface area contributed by atoms with Gasteiger partial charge < -0.3 is 19.4 Å². The van der Waals surface area contributed by atoms with E-state index in [9.17, 15) is 18.0 Å². The Kier molecular flexibility index (Phi) is 7.70. The number of hydrogen-bond acceptors (Lipinski definition) is 6. The van der Waals surface area contributed by atoms with Crippen molar-refractivity contribution in [3.8, 4) is 11.5 Å². The first-order valence-electron chi connectivity index (χ1n) is 12.2. The molecule has 9 nitrogen and oxygen atoms in total. The molecule has 1 N–H and O–H groups in total. The van der Waals surface area contributed by atoms with Crippen LogP contribution >= 0.6 is 0 Å². The summed E-state index contributed by atoms with van der Waals surface area (Å²) in [5, 5.41) is 3.02. The van der Waals surface area contributed by atoms with E-state index in [0.717, 1.165) is 5.56 Å². The number of carbonyl (C=O) groups is 1. The highest BCUT2D eigenvalue weighted by molar-refractivity contribution is 7.89. The van der Waals surface area contributed by atoms with E-state index in [1.807, 2.05) is 6.07 Å². The van der Waals surface area contributed by atoms with Crippen molar-refractivity contribution in [3.63, 3.8) is 0 Å². The number of sulfonamides is 1. The van der Waals surface area contributed by atoms with Gasteiger partial charge in [0.05, 0.1) is 16.5 Å². The van der Waals surface area contributed by atoms with Crippen molar-refractivity contribution in [3.05, 3.63) is 76.6 Å². The third-order valence-corrected chi connectivity index (χ3v) is 8.42. The lowest BCUT2D eigenvalue weighted by Crippen LogP contribution is -2.32. The number of fused-ring (bicyclic) bond motifs is 2. The van der Waals surface area contributed by atoms with Crippen molar-refractivity contribution in [2.75, 3.05) is 26.3 Å². The molecule has 0 aliphatic carbocycles. The molecule has 0 bridgehead atoms. The first kappa shape index (κ1) is 26.4. The van der Waals surface area contributed by atoms with Crippen LogP contribution in [0.4, 0.5) is 0 Å². The number of amides is 1. The van der Waals surface area contributed by atoms with Gasteiger partial charge in [-0.3, -0.25) is 9.59 Å². The SMILES string of the molecule is C=CCn1cc(C(=O)N[C@@H](C)c2ccc3c(c2)OCCO3)c(=O)c2cc(S(=O)(=O)N(CC)CC)ccc21. The van der Waals surface area contributed by atoms with Crippen LogP contribution < -0.4 is 20.2 Å². The molecule has 0 radical (unpaired) electrons. The van der Waals surface area contributed by atoms with Crippen molar-refractivity contribution in [2.45, 2.75) is 38.3 Å². The Bertz CT molecular complexity index is 1510. The van der Waals surface area contributed by atoms with Crippen LogP contribution in [0.3, 0.4) is 0 Å². The van der Waals surface area contributed by atoms with Crippen molar-refractivity contribution in [1.82, 2.24) is 14.2 Å². The fraction of sp³-hybridized carbons (Fsp3) is 0.333. The first-order chi connectivity index (χ1) is 17.7. The molecule has 2 heterocycles. The monoisotopic (exact) mass is 525 g/mol. The summed E-state index contributed by atoms with van der Waals surface area (Å²) in [6.45, 7) is 10.9. The van der Waals surface area contributed by atoms with E-state index in [1.54, 1.807) is 49.6 Å². The zero-order valence-corrected chi connectivity index (χ0v) is 22.0. The first-order valence-corrected chi connectivity index (χ1v) is 13.6. The highest BCUT2D eigenvalue weighted by atomic mass is 32.2. The molecule has 3 aromatic rings. The molecule has 196 valence electrons. The van der Waals surface area contributed by atoms with Gasteiger partial charge in [0, 0.05) is 31.2 Å². The standard InChI is InChI=1S/C27H31N3O6S/c1-5-12-29-17-22(27(32)28-18(4)19-8-11-24-25(15-19)36-14-13-35-24)26(31)21-16-20(9-10-23(21)29)37(33,34)30(6-2)7-3/h5,8-11,15-18H,1,6-7,12-14H2,2-4H3,(H,28,32)/t18-/m0/s1. The third-order valence-electron chi connectivity index (χ3n) is 6.38. The summed E-state index contributed by atoms with van der Waals surface area (Å²) in [5.41, 5.74) is 0.673. The topological polar surface area (TPSA) is 107 Å². The van der Waals surface area contributed by atoms with E-state index in [1.165, 1.54) is 22.6 Å². The molecular weight excluding hydrogens is 494 g/mol. The normalized spacial score (nSPS) is 13.9. The van der Waals surface area contributed by atoms with Gasteiger partial charge in [-0.2, -0.15) is 4.31 Å². The van der Waals surface area contributed by atoms with Gasteiger partial charge in [0.1, 0.15) is 18.8 Å². The van der Waals surface area contributed by atoms with Crippen LogP contribution in [-0.2, 0) is 16.6 Å². The Morgan fingerprint density at radius 1 is 1.14 bits per heavy atom. The van der Waals surface area contributed by atoms with Gasteiger partial charge in [-0.15, -0.1) is 6.58 Å². The largest absolute Gasteiger partial charge is 0.486 e. The molecule has 0 saturated carbocycles. The van der Waals surface area contributed by atoms with Gasteiger partial charge in [0.25, 0.3) is 5.91 Å². The molecule has 4 rings (SSSR count). The summed E-state index contributed by atoms with van der Waals surface area (Å²) in [6, 6.07) is 9.43. The van der Waals surface area contributed by atoms with E-state index >= 15 is 0 Å². The van der Waals surface area contributed by atoms with Crippen molar-refractivity contribution in [2.24, 2.45) is 0 Å². The highest BCUT2D eigenvalue weighted by Gasteiger charge is 2.24. The molecule has 10 heteroatoms. The average Bonchev–Trinajstić information content (AvgIpc) is 2.90. The Morgan fingerprint density at radius 3 is 2.51 bits per heavy atom. The number of hydrogen-bond donors (Lipinski definition) is 1. The van der Waals surface area contributed by atoms with E-state index in [4.69, 9.17) is 9.47 Å². The zero-order valence-electron chi connectivity index (χ0n) is 21.2. The van der Waals surface area contributed by atoms with Crippen LogP contribution in [0.1, 0.15) is 42.7 Å². The van der Waals surface area contributed by atoms with E-state index < -0.39 is 27.4 Å². The fourth-order valence-corrected chi connectivity index (χ4v) is 5.87. The summed E-state index contributed by atoms with van der Waals surface area (Å²) in [5.74, 6) is 0.681. The summed E-state index contributed by atoms with van der Waals surface area (Å²) in [7, 11) is -3.79. The quantitative estimate of drug-likeness (QED) is 0.429. The third kappa shape index (κ3) is 5.12. The second-order valence-electron chi connectivity index (χ2n) is 8.68. The predicted molar refractivity (Wildman–Crippen MR) is 142 cm³/mol. The number of aromatic nitrogens is 1. The van der Waals surface area contributed by atoms with Gasteiger partial charge in [-0.25, -0.2) is 8.42 Å². The summed E-state index contributed by atoms with van der Waals surface area (Å²) in [4.78, 5) is 26.8. The molecule has 1 atom stereocenters. The summed E-state index contributed by atoms with van der Waals surface area (Å²) >= 11 is 0. The highest BCUT2D eigenvalue weighted by Crippen LogP contribution is 2.32. The Balaban J connectivity index is 1.73. The van der Waals surface area contributed by atoms with Crippen LogP contribution in [0.2, 0.25) is 0 Å². The molecule has 0 spiro atoms. The Labute approximate surface area is 216 Å². The molecular formula is C27H31N3O6S. The van der Waals surface area contributed by atoms with Gasteiger partial charge in [0.2, 0.25) is 15.5 Å². The Morgan fingerprint density at radius 2 is 1.84 bits per heavy atom. The zero-order chi connectivity index (χ0) is 26.7. The predicted octanol–water partition coefficient (Wildman–Crippen LogP) is 3.48. The number of rotatable bonds is 9.